The molecule has 0 aliphatic heterocycles. The van der Waals surface area contributed by atoms with Crippen molar-refractivity contribution >= 4 is 5.91 Å². The minimum atomic E-state index is -0.124. The fourth-order valence-electron chi connectivity index (χ4n) is 0.877. The summed E-state index contributed by atoms with van der Waals surface area (Å²) < 4.78 is 1.86. The van der Waals surface area contributed by atoms with Gasteiger partial charge in [0.25, 0.3) is 0 Å². The molecule has 0 aromatic carbocycles. The third kappa shape index (κ3) is 2.43. The molecule has 1 heterocycles. The van der Waals surface area contributed by atoms with Gasteiger partial charge in [-0.3, -0.25) is 4.79 Å². The zero-order valence-corrected chi connectivity index (χ0v) is 7.87. The molecule has 0 aliphatic carbocycles. The van der Waals surface area contributed by atoms with Crippen molar-refractivity contribution < 1.29 is 4.79 Å². The van der Waals surface area contributed by atoms with Crippen LogP contribution in [-0.2, 0) is 18.4 Å². The largest absolute Gasteiger partial charge is 0.347 e. The van der Waals surface area contributed by atoms with Crippen molar-refractivity contribution in [3.63, 3.8) is 0 Å². The normalized spacial score (nSPS) is 9.69. The molecule has 1 aromatic rings. The van der Waals surface area contributed by atoms with E-state index in [-0.39, 0.29) is 5.91 Å². The Hall–Kier alpha value is -1.58. The van der Waals surface area contributed by atoms with Crippen molar-refractivity contribution in [3.05, 3.63) is 30.4 Å². The van der Waals surface area contributed by atoms with Crippen LogP contribution in [0.4, 0.5) is 0 Å². The molecule has 0 aliphatic rings. The molecule has 1 rings (SSSR count). The Balaban J connectivity index is 2.48. The molecule has 1 N–H and O–H groups in total. The smallest absolute Gasteiger partial charge is 0.246 e. The maximum absolute atomic E-state index is 11.1. The number of carbonyl (C=O) groups is 1. The van der Waals surface area contributed by atoms with Gasteiger partial charge in [0.1, 0.15) is 0 Å². The summed E-state index contributed by atoms with van der Waals surface area (Å²) in [6, 6.07) is 0. The van der Waals surface area contributed by atoms with Crippen LogP contribution in [0.1, 0.15) is 12.6 Å². The van der Waals surface area contributed by atoms with Crippen LogP contribution in [0.2, 0.25) is 0 Å². The minimum Gasteiger partial charge on any atom is -0.347 e. The van der Waals surface area contributed by atoms with E-state index in [1.54, 1.807) is 19.4 Å². The van der Waals surface area contributed by atoms with Gasteiger partial charge in [0.05, 0.1) is 18.6 Å². The van der Waals surface area contributed by atoms with Crippen LogP contribution in [0.5, 0.6) is 0 Å². The lowest BCUT2D eigenvalue weighted by Crippen LogP contribution is -2.23. The molecule has 0 unspecified atom stereocenters. The first kappa shape index (κ1) is 9.51. The average molecular weight is 179 g/mol. The third-order valence-corrected chi connectivity index (χ3v) is 1.73. The maximum Gasteiger partial charge on any atom is 0.246 e. The fourth-order valence-corrected chi connectivity index (χ4v) is 0.877. The number of amides is 1. The van der Waals surface area contributed by atoms with Crippen LogP contribution in [-0.4, -0.2) is 15.5 Å². The lowest BCUT2D eigenvalue weighted by Gasteiger charge is -2.04. The fraction of sp³-hybridized carbons (Fsp3) is 0.333. The molecule has 0 saturated heterocycles. The number of carbonyl (C=O) groups excluding carboxylic acids is 1. The molecule has 0 bridgehead atoms. The van der Waals surface area contributed by atoms with Gasteiger partial charge in [-0.25, -0.2) is 4.98 Å². The first-order valence-electron chi connectivity index (χ1n) is 4.00. The van der Waals surface area contributed by atoms with Crippen LogP contribution in [0.25, 0.3) is 0 Å². The van der Waals surface area contributed by atoms with Crippen LogP contribution in [0.3, 0.4) is 0 Å². The van der Waals surface area contributed by atoms with E-state index >= 15 is 0 Å². The van der Waals surface area contributed by atoms with E-state index in [9.17, 15) is 4.79 Å². The van der Waals surface area contributed by atoms with Crippen molar-refractivity contribution in [2.24, 2.45) is 7.05 Å². The molecule has 0 atom stereocenters. The second-order valence-electron chi connectivity index (χ2n) is 2.96. The van der Waals surface area contributed by atoms with E-state index in [0.717, 1.165) is 5.69 Å². The van der Waals surface area contributed by atoms with Crippen LogP contribution in [0, 0.1) is 0 Å². The quantitative estimate of drug-likeness (QED) is 0.691. The van der Waals surface area contributed by atoms with Crippen molar-refractivity contribution in [3.8, 4) is 0 Å². The highest BCUT2D eigenvalue weighted by atomic mass is 16.1. The van der Waals surface area contributed by atoms with Crippen LogP contribution in [0.15, 0.2) is 24.7 Å². The van der Waals surface area contributed by atoms with E-state index in [2.05, 4.69) is 16.9 Å². The number of hydrogen-bond acceptors (Lipinski definition) is 2. The molecule has 70 valence electrons. The Labute approximate surface area is 77.3 Å². The number of imidazole rings is 1. The summed E-state index contributed by atoms with van der Waals surface area (Å²) in [7, 11) is 1.88. The second-order valence-corrected chi connectivity index (χ2v) is 2.96. The molecule has 1 aromatic heterocycles. The number of hydrogen-bond donors (Lipinski definition) is 1. The van der Waals surface area contributed by atoms with E-state index in [4.69, 9.17) is 0 Å². The summed E-state index contributed by atoms with van der Waals surface area (Å²) in [6.07, 6.45) is 3.42. The Bertz CT molecular complexity index is 327. The number of aryl methyl sites for hydroxylation is 1. The van der Waals surface area contributed by atoms with E-state index in [1.807, 2.05) is 11.6 Å². The maximum atomic E-state index is 11.1. The van der Waals surface area contributed by atoms with E-state index in [1.165, 1.54) is 0 Å². The van der Waals surface area contributed by atoms with Gasteiger partial charge in [-0.2, -0.15) is 0 Å². The first-order valence-corrected chi connectivity index (χ1v) is 4.00. The molecule has 0 radical (unpaired) electrons. The highest BCUT2D eigenvalue weighted by molar-refractivity contribution is 5.91. The SMILES string of the molecule is C=C(C)C(=O)NCc1cncn1C. The molecule has 13 heavy (non-hydrogen) atoms. The van der Waals surface area contributed by atoms with Crippen LogP contribution < -0.4 is 5.32 Å². The number of nitrogens with zero attached hydrogens (tertiary/aromatic N) is 2. The Kier molecular flexibility index (Phi) is 2.84. The summed E-state index contributed by atoms with van der Waals surface area (Å²) in [6.45, 7) is 5.71. The van der Waals surface area contributed by atoms with E-state index < -0.39 is 0 Å². The van der Waals surface area contributed by atoms with Gasteiger partial charge < -0.3 is 9.88 Å². The highest BCUT2D eigenvalue weighted by Gasteiger charge is 2.02. The number of aromatic nitrogens is 2. The van der Waals surface area contributed by atoms with Crippen LogP contribution >= 0.6 is 0 Å². The van der Waals surface area contributed by atoms with Gasteiger partial charge in [-0.05, 0) is 6.92 Å². The van der Waals surface area contributed by atoms with Gasteiger partial charge in [0.2, 0.25) is 5.91 Å². The Morgan fingerprint density at radius 1 is 1.77 bits per heavy atom. The van der Waals surface area contributed by atoms with Gasteiger partial charge in [-0.15, -0.1) is 0 Å². The van der Waals surface area contributed by atoms with Gasteiger partial charge >= 0.3 is 0 Å². The molecule has 1 amide bonds. The summed E-state index contributed by atoms with van der Waals surface area (Å²) in [5.41, 5.74) is 1.48. The van der Waals surface area contributed by atoms with Gasteiger partial charge in [-0.1, -0.05) is 6.58 Å². The van der Waals surface area contributed by atoms with Crippen molar-refractivity contribution in [1.29, 1.82) is 0 Å². The van der Waals surface area contributed by atoms with Crippen molar-refractivity contribution in [2.45, 2.75) is 13.5 Å². The molecular formula is C9H13N3O. The summed E-state index contributed by atoms with van der Waals surface area (Å²) in [4.78, 5) is 15.0. The molecule has 0 saturated carbocycles. The van der Waals surface area contributed by atoms with E-state index in [0.29, 0.717) is 12.1 Å². The molecule has 0 spiro atoms. The van der Waals surface area contributed by atoms with Crippen molar-refractivity contribution in [1.82, 2.24) is 14.9 Å². The van der Waals surface area contributed by atoms with Gasteiger partial charge in [0.15, 0.2) is 0 Å². The Morgan fingerprint density at radius 2 is 2.46 bits per heavy atom. The van der Waals surface area contributed by atoms with Crippen molar-refractivity contribution in [2.75, 3.05) is 0 Å². The third-order valence-electron chi connectivity index (χ3n) is 1.73. The highest BCUT2D eigenvalue weighted by Crippen LogP contribution is 1.95. The minimum absolute atomic E-state index is 0.124. The topological polar surface area (TPSA) is 46.9 Å². The molecule has 0 fully saturated rings. The summed E-state index contributed by atoms with van der Waals surface area (Å²) >= 11 is 0. The average Bonchev–Trinajstić information content (AvgIpc) is 2.47. The predicted molar refractivity (Wildman–Crippen MR) is 49.9 cm³/mol. The second kappa shape index (κ2) is 3.89. The monoisotopic (exact) mass is 179 g/mol. The molecule has 4 heteroatoms. The zero-order valence-electron chi connectivity index (χ0n) is 7.87. The Morgan fingerprint density at radius 3 is 2.92 bits per heavy atom. The molecule has 4 nitrogen and oxygen atoms in total. The zero-order chi connectivity index (χ0) is 9.84. The predicted octanol–water partition coefficient (Wildman–Crippen LogP) is 0.612. The summed E-state index contributed by atoms with van der Waals surface area (Å²) in [5.74, 6) is -0.124. The first-order chi connectivity index (χ1) is 6.11. The molecular weight excluding hydrogens is 166 g/mol. The summed E-state index contributed by atoms with van der Waals surface area (Å²) in [5, 5.41) is 2.73. The standard InChI is InChI=1S/C9H13N3O/c1-7(2)9(13)11-5-8-4-10-6-12(8)3/h4,6H,1,5H2,2-3H3,(H,11,13). The lowest BCUT2D eigenvalue weighted by atomic mass is 10.3. The number of nitrogens with one attached hydrogen (secondary N) is 1. The lowest BCUT2D eigenvalue weighted by molar-refractivity contribution is -0.117. The number of rotatable bonds is 3. The van der Waals surface area contributed by atoms with Gasteiger partial charge in [0, 0.05) is 18.8 Å².